The van der Waals surface area contributed by atoms with Gasteiger partial charge in [0, 0.05) is 4.90 Å². The van der Waals surface area contributed by atoms with Crippen LogP contribution in [0.3, 0.4) is 0 Å². The van der Waals surface area contributed by atoms with Gasteiger partial charge >= 0.3 is 5.97 Å². The Morgan fingerprint density at radius 3 is 2.70 bits per heavy atom. The zero-order valence-electron chi connectivity index (χ0n) is 11.6. The Labute approximate surface area is 122 Å². The number of nitrogen functional groups attached to an aromatic ring is 1. The maximum Gasteiger partial charge on any atom is 0.340 e. The Morgan fingerprint density at radius 1 is 1.30 bits per heavy atom. The van der Waals surface area contributed by atoms with Gasteiger partial charge in [0.2, 0.25) is 0 Å². The smallest absolute Gasteiger partial charge is 0.340 e. The average Bonchev–Trinajstić information content (AvgIpc) is 2.42. The summed E-state index contributed by atoms with van der Waals surface area (Å²) < 4.78 is 4.77. The lowest BCUT2D eigenvalue weighted by molar-refractivity contribution is 0.0596. The number of esters is 1. The number of hydrogen-bond donors (Lipinski definition) is 1. The van der Waals surface area contributed by atoms with Gasteiger partial charge < -0.3 is 10.5 Å². The van der Waals surface area contributed by atoms with Crippen molar-refractivity contribution in [2.75, 3.05) is 12.8 Å². The van der Waals surface area contributed by atoms with E-state index in [1.54, 1.807) is 6.07 Å². The number of benzene rings is 1. The summed E-state index contributed by atoms with van der Waals surface area (Å²) in [6.07, 6.45) is 1.54. The number of ether oxygens (including phenoxy) is 1. The van der Waals surface area contributed by atoms with Crippen molar-refractivity contribution >= 4 is 23.4 Å². The van der Waals surface area contributed by atoms with E-state index in [0.29, 0.717) is 16.3 Å². The zero-order valence-corrected chi connectivity index (χ0v) is 12.5. The zero-order chi connectivity index (χ0) is 14.7. The van der Waals surface area contributed by atoms with Crippen LogP contribution in [-0.4, -0.2) is 18.1 Å². The summed E-state index contributed by atoms with van der Waals surface area (Å²) in [5.74, 6) is -0.433. The van der Waals surface area contributed by atoms with Gasteiger partial charge in [-0.25, -0.2) is 9.78 Å². The van der Waals surface area contributed by atoms with Crippen LogP contribution in [0.5, 0.6) is 0 Å². The number of nitrogens with two attached hydrogens (primary N) is 1. The molecule has 1 heterocycles. The van der Waals surface area contributed by atoms with Crippen molar-refractivity contribution < 1.29 is 9.53 Å². The normalized spacial score (nSPS) is 10.3. The first-order valence-corrected chi connectivity index (χ1v) is 6.92. The second-order valence-electron chi connectivity index (χ2n) is 4.48. The van der Waals surface area contributed by atoms with E-state index in [9.17, 15) is 4.79 Å². The fourth-order valence-electron chi connectivity index (χ4n) is 1.82. The number of aryl methyl sites for hydroxylation is 2. The largest absolute Gasteiger partial charge is 0.465 e. The van der Waals surface area contributed by atoms with E-state index in [4.69, 9.17) is 10.5 Å². The monoisotopic (exact) mass is 288 g/mol. The summed E-state index contributed by atoms with van der Waals surface area (Å²) >= 11 is 1.43. The minimum atomic E-state index is -0.433. The highest BCUT2D eigenvalue weighted by atomic mass is 32.2. The fourth-order valence-corrected chi connectivity index (χ4v) is 2.75. The maximum atomic E-state index is 11.8. The van der Waals surface area contributed by atoms with Gasteiger partial charge in [-0.05, 0) is 31.5 Å². The van der Waals surface area contributed by atoms with Crippen molar-refractivity contribution in [2.45, 2.75) is 23.8 Å². The third-order valence-electron chi connectivity index (χ3n) is 2.81. The van der Waals surface area contributed by atoms with Crippen molar-refractivity contribution in [3.63, 3.8) is 0 Å². The maximum absolute atomic E-state index is 11.8. The summed E-state index contributed by atoms with van der Waals surface area (Å²) in [7, 11) is 1.34. The quantitative estimate of drug-likeness (QED) is 0.878. The van der Waals surface area contributed by atoms with Gasteiger partial charge in [0.05, 0.1) is 24.6 Å². The minimum absolute atomic E-state index is 0.387. The van der Waals surface area contributed by atoms with Crippen molar-refractivity contribution in [1.29, 1.82) is 0 Å². The molecule has 5 heteroatoms. The molecule has 20 heavy (non-hydrogen) atoms. The summed E-state index contributed by atoms with van der Waals surface area (Å²) in [5, 5.41) is 0.595. The summed E-state index contributed by atoms with van der Waals surface area (Å²) in [4.78, 5) is 17.1. The van der Waals surface area contributed by atoms with Crippen LogP contribution >= 0.6 is 11.8 Å². The number of rotatable bonds is 3. The Hall–Kier alpha value is -2.01. The van der Waals surface area contributed by atoms with Crippen molar-refractivity contribution in [3.05, 3.63) is 47.2 Å². The van der Waals surface area contributed by atoms with Crippen molar-refractivity contribution in [1.82, 2.24) is 4.98 Å². The average molecular weight is 288 g/mol. The molecule has 0 radical (unpaired) electrons. The molecule has 0 aliphatic rings. The predicted octanol–water partition coefficient (Wildman–Crippen LogP) is 3.22. The lowest BCUT2D eigenvalue weighted by Gasteiger charge is -2.09. The molecule has 0 bridgehead atoms. The van der Waals surface area contributed by atoms with Crippen molar-refractivity contribution in [2.24, 2.45) is 0 Å². The number of nitrogens with zero attached hydrogens (tertiary/aromatic N) is 1. The molecule has 0 fully saturated rings. The number of pyridine rings is 1. The van der Waals surface area contributed by atoms with Crippen LogP contribution in [0.2, 0.25) is 0 Å². The van der Waals surface area contributed by atoms with E-state index in [-0.39, 0.29) is 0 Å². The molecular formula is C15H16N2O2S. The molecule has 2 rings (SSSR count). The molecule has 2 N–H and O–H groups in total. The molecule has 0 atom stereocenters. The van der Waals surface area contributed by atoms with Crippen LogP contribution in [0.25, 0.3) is 0 Å². The fraction of sp³-hybridized carbons (Fsp3) is 0.200. The first kappa shape index (κ1) is 14.4. The van der Waals surface area contributed by atoms with Gasteiger partial charge in [-0.2, -0.15) is 0 Å². The molecule has 104 valence electrons. The van der Waals surface area contributed by atoms with Crippen LogP contribution in [0.15, 0.2) is 40.4 Å². The minimum Gasteiger partial charge on any atom is -0.465 e. The molecule has 4 nitrogen and oxygen atoms in total. The second kappa shape index (κ2) is 5.96. The Bertz CT molecular complexity index is 656. The lowest BCUT2D eigenvalue weighted by Crippen LogP contribution is -2.05. The van der Waals surface area contributed by atoms with Crippen LogP contribution in [0.1, 0.15) is 21.5 Å². The molecule has 0 amide bonds. The Kier molecular flexibility index (Phi) is 4.29. The van der Waals surface area contributed by atoms with Gasteiger partial charge in [-0.15, -0.1) is 0 Å². The molecule has 1 aromatic carbocycles. The summed E-state index contributed by atoms with van der Waals surface area (Å²) in [6, 6.07) is 7.74. The molecule has 2 aromatic rings. The third kappa shape index (κ3) is 3.11. The van der Waals surface area contributed by atoms with Crippen molar-refractivity contribution in [3.8, 4) is 0 Å². The van der Waals surface area contributed by atoms with E-state index in [2.05, 4.69) is 11.1 Å². The highest BCUT2D eigenvalue weighted by Gasteiger charge is 2.15. The molecule has 0 saturated heterocycles. The molecule has 0 saturated carbocycles. The van der Waals surface area contributed by atoms with Crippen LogP contribution in [0, 0.1) is 13.8 Å². The predicted molar refractivity (Wildman–Crippen MR) is 80.0 cm³/mol. The van der Waals surface area contributed by atoms with Crippen LogP contribution < -0.4 is 5.73 Å². The summed E-state index contributed by atoms with van der Waals surface area (Å²) in [6.45, 7) is 4.08. The van der Waals surface area contributed by atoms with Gasteiger partial charge in [0.25, 0.3) is 0 Å². The highest BCUT2D eigenvalue weighted by molar-refractivity contribution is 7.99. The van der Waals surface area contributed by atoms with E-state index in [1.165, 1.54) is 30.6 Å². The SMILES string of the molecule is COC(=O)c1cc(N)cnc1Sc1ccc(C)cc1C. The second-order valence-corrected chi connectivity index (χ2v) is 5.51. The number of carbonyl (C=O) groups is 1. The number of aromatic nitrogens is 1. The first-order valence-electron chi connectivity index (χ1n) is 6.10. The van der Waals surface area contributed by atoms with E-state index < -0.39 is 5.97 Å². The molecule has 0 aliphatic heterocycles. The van der Waals surface area contributed by atoms with Gasteiger partial charge in [0.1, 0.15) is 5.03 Å². The first-order chi connectivity index (χ1) is 9.51. The number of carbonyl (C=O) groups excluding carboxylic acids is 1. The Balaban J connectivity index is 2.40. The Morgan fingerprint density at radius 2 is 2.05 bits per heavy atom. The number of anilines is 1. The van der Waals surface area contributed by atoms with Gasteiger partial charge in [-0.1, -0.05) is 29.5 Å². The van der Waals surface area contributed by atoms with Gasteiger partial charge in [-0.3, -0.25) is 0 Å². The molecule has 0 spiro atoms. The molecular weight excluding hydrogens is 272 g/mol. The number of methoxy groups -OCH3 is 1. The molecule has 1 aromatic heterocycles. The molecule has 0 unspecified atom stereocenters. The van der Waals surface area contributed by atoms with E-state index >= 15 is 0 Å². The number of hydrogen-bond acceptors (Lipinski definition) is 5. The standard InChI is InChI=1S/C15H16N2O2S/c1-9-4-5-13(10(2)6-9)20-14-12(15(18)19-3)7-11(16)8-17-14/h4-8H,16H2,1-3H3. The van der Waals surface area contributed by atoms with Crippen LogP contribution in [-0.2, 0) is 4.74 Å². The lowest BCUT2D eigenvalue weighted by atomic mass is 10.2. The molecule has 0 aliphatic carbocycles. The van der Waals surface area contributed by atoms with E-state index in [0.717, 1.165) is 10.5 Å². The highest BCUT2D eigenvalue weighted by Crippen LogP contribution is 2.32. The summed E-state index contributed by atoms with van der Waals surface area (Å²) in [5.41, 5.74) is 8.85. The topological polar surface area (TPSA) is 65.2 Å². The van der Waals surface area contributed by atoms with Crippen LogP contribution in [0.4, 0.5) is 5.69 Å². The van der Waals surface area contributed by atoms with Gasteiger partial charge in [0.15, 0.2) is 0 Å². The third-order valence-corrected chi connectivity index (χ3v) is 4.01. The van der Waals surface area contributed by atoms with E-state index in [1.807, 2.05) is 26.0 Å².